The zero-order valence-electron chi connectivity index (χ0n) is 5.52. The molecule has 0 aromatic heterocycles. The average Bonchev–Trinajstić information content (AvgIpc) is 2.05. The fourth-order valence-corrected chi connectivity index (χ4v) is 0.756. The van der Waals surface area contributed by atoms with Crippen LogP contribution >= 0.6 is 12.9 Å². The number of phenols is 1. The summed E-state index contributed by atoms with van der Waals surface area (Å²) in [5.74, 6) is -0.422. The first-order chi connectivity index (χ1) is 5.24. The molecule has 0 aliphatic rings. The summed E-state index contributed by atoms with van der Waals surface area (Å²) in [6.07, 6.45) is 0. The van der Waals surface area contributed by atoms with Crippen molar-refractivity contribution in [2.24, 2.45) is 0 Å². The minimum absolute atomic E-state index is 0.112. The molecule has 1 aromatic rings. The molecule has 58 valence electrons. The SMILES string of the molecule is O=C(OS)c1ccc(O)cc1. The predicted molar refractivity (Wildman–Crippen MR) is 42.5 cm³/mol. The van der Waals surface area contributed by atoms with Gasteiger partial charge in [-0.2, -0.15) is 0 Å². The number of benzene rings is 1. The van der Waals surface area contributed by atoms with Gasteiger partial charge in [0.2, 0.25) is 0 Å². The molecule has 0 bridgehead atoms. The molecule has 0 fully saturated rings. The van der Waals surface area contributed by atoms with E-state index in [1.165, 1.54) is 24.3 Å². The Balaban J connectivity index is 2.90. The van der Waals surface area contributed by atoms with Gasteiger partial charge < -0.3 is 9.29 Å². The maximum Gasteiger partial charge on any atom is 0.349 e. The summed E-state index contributed by atoms with van der Waals surface area (Å²) < 4.78 is 4.15. The van der Waals surface area contributed by atoms with Crippen LogP contribution in [0.25, 0.3) is 0 Å². The highest BCUT2D eigenvalue weighted by atomic mass is 32.1. The van der Waals surface area contributed by atoms with Gasteiger partial charge in [-0.05, 0) is 24.3 Å². The Kier molecular flexibility index (Phi) is 2.38. The van der Waals surface area contributed by atoms with Gasteiger partial charge in [-0.15, -0.1) is 0 Å². The maximum atomic E-state index is 10.7. The molecule has 0 amide bonds. The number of hydrogen-bond acceptors (Lipinski definition) is 4. The molecule has 0 spiro atoms. The van der Waals surface area contributed by atoms with Gasteiger partial charge in [0.1, 0.15) is 5.75 Å². The first kappa shape index (κ1) is 7.94. The molecule has 0 saturated carbocycles. The van der Waals surface area contributed by atoms with Crippen LogP contribution in [0.5, 0.6) is 5.75 Å². The van der Waals surface area contributed by atoms with E-state index in [4.69, 9.17) is 5.11 Å². The van der Waals surface area contributed by atoms with Crippen LogP contribution in [0.4, 0.5) is 0 Å². The Bertz CT molecular complexity index is 255. The van der Waals surface area contributed by atoms with Crippen molar-refractivity contribution in [2.75, 3.05) is 0 Å². The van der Waals surface area contributed by atoms with Crippen molar-refractivity contribution in [1.29, 1.82) is 0 Å². The number of thiol groups is 1. The smallest absolute Gasteiger partial charge is 0.349 e. The summed E-state index contributed by atoms with van der Waals surface area (Å²) in [4.78, 5) is 10.7. The summed E-state index contributed by atoms with van der Waals surface area (Å²) in [5.41, 5.74) is 0.359. The van der Waals surface area contributed by atoms with Crippen LogP contribution < -0.4 is 0 Å². The third kappa shape index (κ3) is 1.88. The summed E-state index contributed by atoms with van der Waals surface area (Å²) in [5, 5.41) is 8.84. The third-order valence-electron chi connectivity index (χ3n) is 1.19. The summed E-state index contributed by atoms with van der Waals surface area (Å²) in [6.45, 7) is 0. The van der Waals surface area contributed by atoms with Crippen molar-refractivity contribution in [3.63, 3.8) is 0 Å². The molecule has 0 aliphatic carbocycles. The molecule has 0 radical (unpaired) electrons. The van der Waals surface area contributed by atoms with E-state index < -0.39 is 5.97 Å². The Morgan fingerprint density at radius 1 is 1.36 bits per heavy atom. The van der Waals surface area contributed by atoms with Crippen molar-refractivity contribution in [3.05, 3.63) is 29.8 Å². The minimum atomic E-state index is -0.534. The van der Waals surface area contributed by atoms with E-state index in [1.54, 1.807) is 0 Å². The highest BCUT2D eigenvalue weighted by molar-refractivity contribution is 7.75. The topological polar surface area (TPSA) is 46.5 Å². The molecular formula is C7H6O3S. The lowest BCUT2D eigenvalue weighted by Gasteiger charge is -1.96. The first-order valence-electron chi connectivity index (χ1n) is 2.89. The second-order valence-electron chi connectivity index (χ2n) is 1.93. The van der Waals surface area contributed by atoms with Crippen molar-refractivity contribution in [1.82, 2.24) is 0 Å². The van der Waals surface area contributed by atoms with Crippen LogP contribution in [0.1, 0.15) is 10.4 Å². The number of hydrogen-bond donors (Lipinski definition) is 2. The van der Waals surface area contributed by atoms with E-state index in [2.05, 4.69) is 17.1 Å². The maximum absolute atomic E-state index is 10.7. The molecule has 0 heterocycles. The van der Waals surface area contributed by atoms with Crippen LogP contribution in [0.15, 0.2) is 24.3 Å². The predicted octanol–water partition coefficient (Wildman–Crippen LogP) is 1.39. The van der Waals surface area contributed by atoms with Gasteiger partial charge in [-0.1, -0.05) is 0 Å². The second kappa shape index (κ2) is 3.30. The van der Waals surface area contributed by atoms with E-state index in [1.807, 2.05) is 0 Å². The number of carbonyl (C=O) groups excluding carboxylic acids is 1. The lowest BCUT2D eigenvalue weighted by Crippen LogP contribution is -1.96. The Labute approximate surface area is 69.2 Å². The summed E-state index contributed by atoms with van der Waals surface area (Å²) in [7, 11) is 0. The van der Waals surface area contributed by atoms with Crippen molar-refractivity contribution >= 4 is 18.9 Å². The van der Waals surface area contributed by atoms with E-state index in [9.17, 15) is 4.79 Å². The Morgan fingerprint density at radius 2 is 1.91 bits per heavy atom. The van der Waals surface area contributed by atoms with Crippen LogP contribution in [0.2, 0.25) is 0 Å². The van der Waals surface area contributed by atoms with Gasteiger partial charge in [-0.25, -0.2) is 4.79 Å². The first-order valence-corrected chi connectivity index (χ1v) is 3.25. The van der Waals surface area contributed by atoms with E-state index in [-0.39, 0.29) is 5.75 Å². The Hall–Kier alpha value is -1.16. The van der Waals surface area contributed by atoms with Gasteiger partial charge in [0.25, 0.3) is 0 Å². The minimum Gasteiger partial charge on any atom is -0.508 e. The van der Waals surface area contributed by atoms with Gasteiger partial charge in [0.15, 0.2) is 0 Å². The fraction of sp³-hybridized carbons (Fsp3) is 0. The monoisotopic (exact) mass is 170 g/mol. The van der Waals surface area contributed by atoms with Crippen LogP contribution in [0, 0.1) is 0 Å². The standard InChI is InChI=1S/C7H6O3S/c8-6-3-1-5(2-4-6)7(9)10-11/h1-4,8,11H. The zero-order chi connectivity index (χ0) is 8.27. The van der Waals surface area contributed by atoms with E-state index >= 15 is 0 Å². The molecule has 1 aromatic carbocycles. The molecule has 11 heavy (non-hydrogen) atoms. The Morgan fingerprint density at radius 3 is 2.36 bits per heavy atom. The van der Waals surface area contributed by atoms with E-state index in [0.717, 1.165) is 0 Å². The third-order valence-corrected chi connectivity index (χ3v) is 1.35. The normalized spacial score (nSPS) is 9.18. The number of rotatable bonds is 1. The second-order valence-corrected chi connectivity index (χ2v) is 2.11. The number of phenolic OH excluding ortho intramolecular Hbond substituents is 1. The number of aromatic hydroxyl groups is 1. The van der Waals surface area contributed by atoms with Gasteiger partial charge in [-0.3, -0.25) is 0 Å². The molecule has 0 atom stereocenters. The zero-order valence-corrected chi connectivity index (χ0v) is 6.41. The van der Waals surface area contributed by atoms with Crippen molar-refractivity contribution in [3.8, 4) is 5.75 Å². The van der Waals surface area contributed by atoms with Crippen LogP contribution in [0.3, 0.4) is 0 Å². The largest absolute Gasteiger partial charge is 0.508 e. The molecule has 3 nitrogen and oxygen atoms in total. The molecule has 1 N–H and O–H groups in total. The van der Waals surface area contributed by atoms with Crippen molar-refractivity contribution < 1.29 is 14.1 Å². The lowest BCUT2D eigenvalue weighted by atomic mass is 10.2. The fourth-order valence-electron chi connectivity index (χ4n) is 0.650. The molecule has 0 aliphatic heterocycles. The summed E-state index contributed by atoms with van der Waals surface area (Å²) >= 11 is 3.34. The highest BCUT2D eigenvalue weighted by Gasteiger charge is 2.03. The highest BCUT2D eigenvalue weighted by Crippen LogP contribution is 2.10. The molecular weight excluding hydrogens is 164 g/mol. The quantitative estimate of drug-likeness (QED) is 0.494. The molecule has 0 unspecified atom stereocenters. The molecule has 0 saturated heterocycles. The average molecular weight is 170 g/mol. The van der Waals surface area contributed by atoms with Gasteiger partial charge in [0.05, 0.1) is 5.56 Å². The van der Waals surface area contributed by atoms with Crippen LogP contribution in [-0.2, 0) is 4.18 Å². The van der Waals surface area contributed by atoms with Gasteiger partial charge in [0, 0.05) is 12.9 Å². The number of carbonyl (C=O) groups is 1. The lowest BCUT2D eigenvalue weighted by molar-refractivity contribution is 0.0772. The van der Waals surface area contributed by atoms with E-state index in [0.29, 0.717) is 5.56 Å². The van der Waals surface area contributed by atoms with Crippen molar-refractivity contribution in [2.45, 2.75) is 0 Å². The van der Waals surface area contributed by atoms with Gasteiger partial charge >= 0.3 is 5.97 Å². The molecule has 1 rings (SSSR count). The summed E-state index contributed by atoms with van der Waals surface area (Å²) in [6, 6.07) is 5.71. The van der Waals surface area contributed by atoms with Crippen LogP contribution in [-0.4, -0.2) is 11.1 Å². The molecule has 4 heteroatoms.